The SMILES string of the molecule is CN(C)c1c(NCc2cccc(CNC(=O)c3nc4sc5c(c4c(=O)[nH]3)CCC5)c2)c(=O)c1=O. The number of H-pyrrole nitrogens is 1. The van der Waals surface area contributed by atoms with Crippen LogP contribution in [0.4, 0.5) is 11.4 Å². The molecule has 2 heterocycles. The van der Waals surface area contributed by atoms with Gasteiger partial charge in [0.1, 0.15) is 16.2 Å². The maximum atomic E-state index is 12.7. The minimum Gasteiger partial charge on any atom is -0.376 e. The van der Waals surface area contributed by atoms with E-state index < -0.39 is 16.8 Å². The largest absolute Gasteiger partial charge is 0.376 e. The number of hydrogen-bond acceptors (Lipinski definition) is 8. The summed E-state index contributed by atoms with van der Waals surface area (Å²) < 4.78 is 0. The van der Waals surface area contributed by atoms with Gasteiger partial charge in [-0.15, -0.1) is 11.3 Å². The molecule has 1 amide bonds. The third-order valence-electron chi connectivity index (χ3n) is 6.04. The average molecular weight is 478 g/mol. The van der Waals surface area contributed by atoms with Gasteiger partial charge in [0.15, 0.2) is 0 Å². The lowest BCUT2D eigenvalue weighted by Gasteiger charge is -2.19. The molecule has 174 valence electrons. The number of benzene rings is 1. The molecule has 0 saturated carbocycles. The predicted molar refractivity (Wildman–Crippen MR) is 133 cm³/mol. The molecule has 3 N–H and O–H groups in total. The van der Waals surface area contributed by atoms with Crippen molar-refractivity contribution in [1.29, 1.82) is 0 Å². The van der Waals surface area contributed by atoms with Crippen molar-refractivity contribution in [3.8, 4) is 0 Å². The smallest absolute Gasteiger partial charge is 0.287 e. The topological polar surface area (TPSA) is 124 Å². The average Bonchev–Trinajstić information content (AvgIpc) is 3.40. The summed E-state index contributed by atoms with van der Waals surface area (Å²) in [6, 6.07) is 7.52. The van der Waals surface area contributed by atoms with E-state index in [0.29, 0.717) is 28.1 Å². The van der Waals surface area contributed by atoms with Crippen molar-refractivity contribution in [2.24, 2.45) is 0 Å². The molecular weight excluding hydrogens is 454 g/mol. The van der Waals surface area contributed by atoms with E-state index in [2.05, 4.69) is 20.6 Å². The van der Waals surface area contributed by atoms with Crippen LogP contribution in [0.3, 0.4) is 0 Å². The molecule has 2 aromatic carbocycles. The van der Waals surface area contributed by atoms with Gasteiger partial charge in [0.05, 0.1) is 5.39 Å². The lowest BCUT2D eigenvalue weighted by Crippen LogP contribution is -2.39. The summed E-state index contributed by atoms with van der Waals surface area (Å²) in [6.07, 6.45) is 2.89. The molecule has 0 aliphatic heterocycles. The number of fused-ring (bicyclic) bond motifs is 3. The molecule has 0 bridgehead atoms. The van der Waals surface area contributed by atoms with Crippen LogP contribution < -0.4 is 32.0 Å². The van der Waals surface area contributed by atoms with Gasteiger partial charge in [-0.1, -0.05) is 24.3 Å². The zero-order valence-corrected chi connectivity index (χ0v) is 19.6. The number of aryl methyl sites for hydroxylation is 2. The van der Waals surface area contributed by atoms with Crippen LogP contribution in [0.15, 0.2) is 38.6 Å². The van der Waals surface area contributed by atoms with E-state index >= 15 is 0 Å². The van der Waals surface area contributed by atoms with Gasteiger partial charge in [-0.2, -0.15) is 0 Å². The molecule has 0 saturated heterocycles. The minimum atomic E-state index is -0.512. The Morgan fingerprint density at radius 1 is 1.12 bits per heavy atom. The van der Waals surface area contributed by atoms with Crippen LogP contribution in [0, 0.1) is 0 Å². The quantitative estimate of drug-likeness (QED) is 0.346. The van der Waals surface area contributed by atoms with Crippen molar-refractivity contribution >= 4 is 38.8 Å². The molecule has 0 spiro atoms. The van der Waals surface area contributed by atoms with E-state index in [1.807, 2.05) is 24.3 Å². The summed E-state index contributed by atoms with van der Waals surface area (Å²) in [5.74, 6) is -0.443. The van der Waals surface area contributed by atoms with Crippen LogP contribution in [0.25, 0.3) is 10.2 Å². The van der Waals surface area contributed by atoms with Crippen molar-refractivity contribution in [1.82, 2.24) is 15.3 Å². The van der Waals surface area contributed by atoms with Crippen LogP contribution >= 0.6 is 11.3 Å². The summed E-state index contributed by atoms with van der Waals surface area (Å²) in [7, 11) is 3.44. The number of amides is 1. The second-order valence-corrected chi connectivity index (χ2v) is 9.67. The normalized spacial score (nSPS) is 12.8. The lowest BCUT2D eigenvalue weighted by atomic mass is 10.1. The molecule has 0 atom stereocenters. The summed E-state index contributed by atoms with van der Waals surface area (Å²) in [6.45, 7) is 0.612. The van der Waals surface area contributed by atoms with Gasteiger partial charge in [0.2, 0.25) is 5.82 Å². The number of rotatable bonds is 7. The highest BCUT2D eigenvalue weighted by Gasteiger charge is 2.23. The summed E-state index contributed by atoms with van der Waals surface area (Å²) in [5.41, 5.74) is 2.25. The van der Waals surface area contributed by atoms with Gasteiger partial charge in [0, 0.05) is 32.1 Å². The fourth-order valence-corrected chi connectivity index (χ4v) is 5.65. The number of hydrogen-bond donors (Lipinski definition) is 3. The Morgan fingerprint density at radius 2 is 1.88 bits per heavy atom. The Labute approximate surface area is 198 Å². The maximum absolute atomic E-state index is 12.7. The molecule has 0 fully saturated rings. The Morgan fingerprint density at radius 3 is 2.65 bits per heavy atom. The van der Waals surface area contributed by atoms with Gasteiger partial charge in [-0.05, 0) is 36.0 Å². The number of carbonyl (C=O) groups is 1. The fraction of sp³-hybridized carbons (Fsp3) is 0.292. The van der Waals surface area contributed by atoms with E-state index in [1.165, 1.54) is 16.2 Å². The van der Waals surface area contributed by atoms with E-state index in [0.717, 1.165) is 36.0 Å². The number of nitrogens with one attached hydrogen (secondary N) is 3. The first-order valence-corrected chi connectivity index (χ1v) is 11.8. The molecule has 9 nitrogen and oxygen atoms in total. The second kappa shape index (κ2) is 8.53. The van der Waals surface area contributed by atoms with Crippen molar-refractivity contribution < 1.29 is 4.79 Å². The Bertz CT molecular complexity index is 1560. The number of aromatic amines is 1. The highest BCUT2D eigenvalue weighted by Crippen LogP contribution is 2.34. The Hall–Kier alpha value is -3.79. The van der Waals surface area contributed by atoms with Crippen LogP contribution in [0.2, 0.25) is 0 Å². The van der Waals surface area contributed by atoms with E-state index in [4.69, 9.17) is 0 Å². The molecule has 10 heteroatoms. The molecule has 0 unspecified atom stereocenters. The zero-order valence-electron chi connectivity index (χ0n) is 18.8. The first-order chi connectivity index (χ1) is 16.3. The van der Waals surface area contributed by atoms with Crippen LogP contribution in [0.1, 0.15) is 38.6 Å². The molecule has 5 rings (SSSR count). The van der Waals surface area contributed by atoms with E-state index in [9.17, 15) is 19.2 Å². The van der Waals surface area contributed by atoms with Gasteiger partial charge >= 0.3 is 0 Å². The van der Waals surface area contributed by atoms with Crippen molar-refractivity contribution in [2.75, 3.05) is 24.3 Å². The number of aromatic nitrogens is 2. The van der Waals surface area contributed by atoms with Crippen molar-refractivity contribution in [2.45, 2.75) is 32.4 Å². The van der Waals surface area contributed by atoms with Crippen molar-refractivity contribution in [3.63, 3.8) is 0 Å². The maximum Gasteiger partial charge on any atom is 0.287 e. The summed E-state index contributed by atoms with van der Waals surface area (Å²) in [5, 5.41) is 6.46. The summed E-state index contributed by atoms with van der Waals surface area (Å²) >= 11 is 1.50. The van der Waals surface area contributed by atoms with Crippen LogP contribution in [0.5, 0.6) is 0 Å². The van der Waals surface area contributed by atoms with E-state index in [-0.39, 0.29) is 17.9 Å². The zero-order chi connectivity index (χ0) is 24.0. The molecule has 1 aliphatic carbocycles. The molecule has 34 heavy (non-hydrogen) atoms. The highest BCUT2D eigenvalue weighted by atomic mass is 32.1. The first-order valence-electron chi connectivity index (χ1n) is 11.0. The number of nitrogens with zero attached hydrogens (tertiary/aromatic N) is 2. The molecule has 0 radical (unpaired) electrons. The van der Waals surface area contributed by atoms with Gasteiger partial charge in [-0.3, -0.25) is 19.2 Å². The fourth-order valence-electron chi connectivity index (χ4n) is 4.39. The van der Waals surface area contributed by atoms with Crippen molar-refractivity contribution in [3.05, 3.63) is 82.5 Å². The third-order valence-corrected chi connectivity index (χ3v) is 7.22. The lowest BCUT2D eigenvalue weighted by molar-refractivity contribution is 0.0940. The Kier molecular flexibility index (Phi) is 5.52. The van der Waals surface area contributed by atoms with Crippen LogP contribution in [-0.4, -0.2) is 30.0 Å². The van der Waals surface area contributed by atoms with Crippen LogP contribution in [-0.2, 0) is 25.9 Å². The highest BCUT2D eigenvalue weighted by molar-refractivity contribution is 7.18. The van der Waals surface area contributed by atoms with Gasteiger partial charge in [-0.25, -0.2) is 4.98 Å². The molecular formula is C24H23N5O4S. The standard InChI is InChI=1S/C24H23N5O4S/c1-29(2)18-17(19(30)20(18)31)25-10-12-5-3-6-13(9-12)11-26-23(33)21-27-22(32)16-14-7-4-8-15(14)34-24(16)28-21/h3,5-6,9,25H,4,7-8,10-11H2,1-2H3,(H,26,33)(H,27,28,32). The van der Waals surface area contributed by atoms with Gasteiger partial charge in [0.25, 0.3) is 22.3 Å². The second-order valence-electron chi connectivity index (χ2n) is 8.58. The summed E-state index contributed by atoms with van der Waals surface area (Å²) in [4.78, 5) is 59.3. The third kappa shape index (κ3) is 3.79. The number of anilines is 2. The van der Waals surface area contributed by atoms with Gasteiger partial charge < -0.3 is 20.5 Å². The van der Waals surface area contributed by atoms with E-state index in [1.54, 1.807) is 19.0 Å². The predicted octanol–water partition coefficient (Wildman–Crippen LogP) is 1.68. The minimum absolute atomic E-state index is 0.00607. The molecule has 1 aliphatic rings. The Balaban J connectivity index is 1.25. The first kappa shape index (κ1) is 22.0. The number of carbonyl (C=O) groups excluding carboxylic acids is 1. The number of thiophene rings is 1. The molecule has 4 aromatic rings. The monoisotopic (exact) mass is 477 g/mol. The molecule has 2 aromatic heterocycles.